The summed E-state index contributed by atoms with van der Waals surface area (Å²) in [6, 6.07) is 5.23. The van der Waals surface area contributed by atoms with E-state index >= 15 is 0 Å². The van der Waals surface area contributed by atoms with Crippen molar-refractivity contribution in [1.29, 1.82) is 0 Å². The molecule has 2 heterocycles. The zero-order valence-electron chi connectivity index (χ0n) is 8.88. The normalized spacial score (nSPS) is 10.6. The monoisotopic (exact) mass is 218 g/mol. The average Bonchev–Trinajstić information content (AvgIpc) is 2.87. The third kappa shape index (κ3) is 2.20. The van der Waals surface area contributed by atoms with Crippen LogP contribution in [0, 0.1) is 6.54 Å². The Labute approximate surface area is 92.9 Å². The van der Waals surface area contributed by atoms with Gasteiger partial charge in [-0.3, -0.25) is 9.48 Å². The maximum Gasteiger partial charge on any atom is 0.194 e. The number of nitrogens with two attached hydrogens (primary N) is 1. The number of hydrogen-bond acceptors (Lipinski definition) is 4. The van der Waals surface area contributed by atoms with Gasteiger partial charge in [0.15, 0.2) is 11.5 Å². The Morgan fingerprint density at radius 1 is 1.56 bits per heavy atom. The van der Waals surface area contributed by atoms with Gasteiger partial charge < -0.3 is 10.2 Å². The fraction of sp³-hybridized carbons (Fsp3) is 0.182. The quantitative estimate of drug-likeness (QED) is 0.782. The highest BCUT2D eigenvalue weighted by molar-refractivity contribution is 5.91. The first-order valence-corrected chi connectivity index (χ1v) is 4.87. The zero-order valence-corrected chi connectivity index (χ0v) is 8.88. The predicted molar refractivity (Wildman–Crippen MR) is 57.6 cm³/mol. The zero-order chi connectivity index (χ0) is 11.5. The number of carbonyl (C=O) groups excluding carboxylic acids is 1. The summed E-state index contributed by atoms with van der Waals surface area (Å²) in [4.78, 5) is 11.0. The molecule has 0 spiro atoms. The van der Waals surface area contributed by atoms with Crippen LogP contribution < -0.4 is 5.73 Å². The van der Waals surface area contributed by atoms with Crippen molar-refractivity contribution in [3.8, 4) is 0 Å². The maximum atomic E-state index is 11.0. The minimum absolute atomic E-state index is 0.0808. The van der Waals surface area contributed by atoms with Crippen LogP contribution in [-0.2, 0) is 6.54 Å². The van der Waals surface area contributed by atoms with Crippen molar-refractivity contribution in [2.75, 3.05) is 0 Å². The molecule has 0 aromatic carbocycles. The molecule has 0 aliphatic heterocycles. The molecule has 83 valence electrons. The minimum atomic E-state index is -0.0808. The summed E-state index contributed by atoms with van der Waals surface area (Å²) >= 11 is 0. The summed E-state index contributed by atoms with van der Waals surface area (Å²) in [7, 11) is 0. The largest absolute Gasteiger partial charge is 0.456 e. The van der Waals surface area contributed by atoms with E-state index in [-0.39, 0.29) is 5.78 Å². The van der Waals surface area contributed by atoms with Crippen LogP contribution >= 0.6 is 0 Å². The van der Waals surface area contributed by atoms with Crippen LogP contribution in [-0.4, -0.2) is 15.6 Å². The fourth-order valence-corrected chi connectivity index (χ4v) is 1.37. The van der Waals surface area contributed by atoms with Gasteiger partial charge in [0.25, 0.3) is 0 Å². The van der Waals surface area contributed by atoms with E-state index in [1.807, 2.05) is 0 Å². The second-order valence-corrected chi connectivity index (χ2v) is 3.43. The van der Waals surface area contributed by atoms with E-state index in [2.05, 4.69) is 5.10 Å². The van der Waals surface area contributed by atoms with Gasteiger partial charge in [-0.05, 0) is 18.2 Å². The van der Waals surface area contributed by atoms with E-state index in [4.69, 9.17) is 10.2 Å². The first-order valence-electron chi connectivity index (χ1n) is 4.87. The van der Waals surface area contributed by atoms with E-state index < -0.39 is 0 Å². The second-order valence-electron chi connectivity index (χ2n) is 3.43. The predicted octanol–water partition coefficient (Wildman–Crippen LogP) is 1.20. The van der Waals surface area contributed by atoms with Crippen LogP contribution in [0.5, 0.6) is 0 Å². The molecule has 0 aliphatic rings. The lowest BCUT2D eigenvalue weighted by atomic mass is 10.3. The first-order chi connectivity index (χ1) is 7.69. The molecule has 0 fully saturated rings. The molecule has 0 unspecified atom stereocenters. The molecule has 0 amide bonds. The molecule has 2 aromatic rings. The van der Waals surface area contributed by atoms with Crippen LogP contribution in [0.4, 0.5) is 0 Å². The molecule has 16 heavy (non-hydrogen) atoms. The third-order valence-corrected chi connectivity index (χ3v) is 2.16. The van der Waals surface area contributed by atoms with Gasteiger partial charge in [-0.25, -0.2) is 0 Å². The number of ketones is 1. The molecule has 0 atom stereocenters. The van der Waals surface area contributed by atoms with Crippen molar-refractivity contribution >= 4 is 5.78 Å². The van der Waals surface area contributed by atoms with Crippen molar-refractivity contribution in [1.82, 2.24) is 9.78 Å². The fourth-order valence-electron chi connectivity index (χ4n) is 1.37. The Hall–Kier alpha value is -1.88. The second kappa shape index (κ2) is 4.32. The number of furan rings is 1. The molecule has 2 rings (SSSR count). The van der Waals surface area contributed by atoms with Crippen LogP contribution in [0.3, 0.4) is 0 Å². The Balaban J connectivity index is 2.11. The van der Waals surface area contributed by atoms with Gasteiger partial charge in [0, 0.05) is 13.1 Å². The van der Waals surface area contributed by atoms with Gasteiger partial charge in [0.1, 0.15) is 5.76 Å². The summed E-state index contributed by atoms with van der Waals surface area (Å²) in [6.45, 7) is 3.39. The lowest BCUT2D eigenvalue weighted by Crippen LogP contribution is -2.01. The van der Waals surface area contributed by atoms with Gasteiger partial charge in [-0.15, -0.1) is 0 Å². The Kier molecular flexibility index (Phi) is 2.87. The molecular formula is C11H12N3O2. The molecule has 2 N–H and O–H groups in total. The highest BCUT2D eigenvalue weighted by Gasteiger charge is 2.07. The molecule has 1 radical (unpaired) electrons. The van der Waals surface area contributed by atoms with Crippen LogP contribution in [0.2, 0.25) is 0 Å². The molecular weight excluding hydrogens is 206 g/mol. The van der Waals surface area contributed by atoms with E-state index in [0.717, 1.165) is 0 Å². The standard InChI is InChI=1S/C11H12N3O2/c1-8(15)11-3-2-10(16-11)7-14-5-4-9(6-12)13-14/h2-6H,7,12H2,1H3. The number of nitrogens with zero attached hydrogens (tertiary/aromatic N) is 2. The molecule has 0 bridgehead atoms. The Morgan fingerprint density at radius 2 is 2.38 bits per heavy atom. The number of aromatic nitrogens is 2. The minimum Gasteiger partial charge on any atom is -0.456 e. The molecule has 0 saturated carbocycles. The highest BCUT2D eigenvalue weighted by atomic mass is 16.3. The number of Topliss-reactive ketones (excluding diaryl/α,β-unsaturated/α-hetero) is 1. The number of rotatable bonds is 4. The molecule has 5 nitrogen and oxygen atoms in total. The highest BCUT2D eigenvalue weighted by Crippen LogP contribution is 2.10. The molecule has 2 aromatic heterocycles. The summed E-state index contributed by atoms with van der Waals surface area (Å²) in [5.41, 5.74) is 6.04. The lowest BCUT2D eigenvalue weighted by molar-refractivity contribution is 0.0985. The Bertz CT molecular complexity index is 499. The van der Waals surface area contributed by atoms with E-state index in [9.17, 15) is 4.79 Å². The van der Waals surface area contributed by atoms with E-state index in [1.54, 1.807) is 29.1 Å². The van der Waals surface area contributed by atoms with Gasteiger partial charge >= 0.3 is 0 Å². The summed E-state index contributed by atoms with van der Waals surface area (Å²) in [5, 5.41) is 4.17. The van der Waals surface area contributed by atoms with Crippen molar-refractivity contribution in [3.05, 3.63) is 48.2 Å². The first kappa shape index (κ1) is 10.6. The lowest BCUT2D eigenvalue weighted by Gasteiger charge is -1.97. The number of hydrogen-bond donors (Lipinski definition) is 1. The molecule has 0 aliphatic carbocycles. The summed E-state index contributed by atoms with van der Waals surface area (Å²) in [6.07, 6.45) is 1.80. The van der Waals surface area contributed by atoms with Gasteiger partial charge in [-0.1, -0.05) is 0 Å². The van der Waals surface area contributed by atoms with Crippen LogP contribution in [0.1, 0.15) is 28.9 Å². The van der Waals surface area contributed by atoms with E-state index in [0.29, 0.717) is 23.8 Å². The van der Waals surface area contributed by atoms with Crippen molar-refractivity contribution in [2.24, 2.45) is 5.73 Å². The SMILES string of the molecule is CC(=O)c1ccc(Cn2ccc([CH]N)n2)o1. The molecule has 5 heteroatoms. The molecule has 0 saturated heterocycles. The van der Waals surface area contributed by atoms with Crippen molar-refractivity contribution in [2.45, 2.75) is 13.5 Å². The van der Waals surface area contributed by atoms with Crippen LogP contribution in [0.25, 0.3) is 0 Å². The van der Waals surface area contributed by atoms with Crippen molar-refractivity contribution in [3.63, 3.8) is 0 Å². The smallest absolute Gasteiger partial charge is 0.194 e. The van der Waals surface area contributed by atoms with Crippen LogP contribution in [0.15, 0.2) is 28.8 Å². The van der Waals surface area contributed by atoms with Crippen molar-refractivity contribution < 1.29 is 9.21 Å². The number of carbonyl (C=O) groups is 1. The van der Waals surface area contributed by atoms with Gasteiger partial charge in [-0.2, -0.15) is 5.10 Å². The topological polar surface area (TPSA) is 74.0 Å². The Morgan fingerprint density at radius 3 is 2.94 bits per heavy atom. The van der Waals surface area contributed by atoms with E-state index in [1.165, 1.54) is 13.5 Å². The summed E-state index contributed by atoms with van der Waals surface area (Å²) in [5.74, 6) is 0.979. The average molecular weight is 218 g/mol. The van der Waals surface area contributed by atoms with Gasteiger partial charge in [0.2, 0.25) is 0 Å². The third-order valence-electron chi connectivity index (χ3n) is 2.16. The maximum absolute atomic E-state index is 11.0. The van der Waals surface area contributed by atoms with Gasteiger partial charge in [0.05, 0.1) is 18.8 Å². The summed E-state index contributed by atoms with van der Waals surface area (Å²) < 4.78 is 7.04.